The van der Waals surface area contributed by atoms with E-state index in [2.05, 4.69) is 25.3 Å². The fraction of sp³-hybridized carbons (Fsp3) is 0.333. The van der Waals surface area contributed by atoms with E-state index in [1.165, 1.54) is 17.7 Å². The van der Waals surface area contributed by atoms with Crippen LogP contribution in [0.3, 0.4) is 0 Å². The van der Waals surface area contributed by atoms with Gasteiger partial charge in [-0.25, -0.2) is 0 Å². The lowest BCUT2D eigenvalue weighted by molar-refractivity contribution is -0.137. The SMILES string of the molecule is C=C(CC)N(CCC)Cc1ccc(-c2ccc(C(F)(F)F)cc2)cc1. The minimum Gasteiger partial charge on any atom is -0.371 e. The first-order valence-corrected chi connectivity index (χ1v) is 8.54. The molecule has 0 amide bonds. The molecule has 0 bridgehead atoms. The second-order valence-corrected chi connectivity index (χ2v) is 6.11. The Morgan fingerprint density at radius 1 is 0.920 bits per heavy atom. The second-order valence-electron chi connectivity index (χ2n) is 6.11. The summed E-state index contributed by atoms with van der Waals surface area (Å²) in [6.45, 7) is 10.1. The van der Waals surface area contributed by atoms with Crippen LogP contribution in [0.2, 0.25) is 0 Å². The van der Waals surface area contributed by atoms with E-state index in [0.717, 1.165) is 54.9 Å². The molecule has 0 atom stereocenters. The minimum atomic E-state index is -4.30. The average molecular weight is 347 g/mol. The number of hydrogen-bond acceptors (Lipinski definition) is 1. The van der Waals surface area contributed by atoms with Gasteiger partial charge in [-0.15, -0.1) is 0 Å². The maximum atomic E-state index is 12.6. The van der Waals surface area contributed by atoms with Gasteiger partial charge in [0.15, 0.2) is 0 Å². The first kappa shape index (κ1) is 19.1. The molecule has 25 heavy (non-hydrogen) atoms. The molecule has 0 spiro atoms. The summed E-state index contributed by atoms with van der Waals surface area (Å²) >= 11 is 0. The topological polar surface area (TPSA) is 3.24 Å². The fourth-order valence-corrected chi connectivity index (χ4v) is 2.72. The Hall–Kier alpha value is -2.23. The molecule has 1 nitrogen and oxygen atoms in total. The summed E-state index contributed by atoms with van der Waals surface area (Å²) in [6.07, 6.45) is -2.32. The molecule has 0 unspecified atom stereocenters. The van der Waals surface area contributed by atoms with Gasteiger partial charge in [-0.1, -0.05) is 56.8 Å². The van der Waals surface area contributed by atoms with Gasteiger partial charge in [-0.3, -0.25) is 0 Å². The number of rotatable bonds is 7. The van der Waals surface area contributed by atoms with Crippen LogP contribution in [-0.2, 0) is 12.7 Å². The monoisotopic (exact) mass is 347 g/mol. The molecule has 0 aromatic heterocycles. The van der Waals surface area contributed by atoms with Crippen molar-refractivity contribution < 1.29 is 13.2 Å². The number of benzene rings is 2. The van der Waals surface area contributed by atoms with E-state index in [1.807, 2.05) is 24.3 Å². The van der Waals surface area contributed by atoms with Crippen molar-refractivity contribution in [3.8, 4) is 11.1 Å². The van der Waals surface area contributed by atoms with Crippen molar-refractivity contribution in [3.05, 3.63) is 71.9 Å². The Labute approximate surface area is 147 Å². The molecule has 0 N–H and O–H groups in total. The molecule has 0 heterocycles. The van der Waals surface area contributed by atoms with Gasteiger partial charge >= 0.3 is 6.18 Å². The molecule has 0 radical (unpaired) electrons. The van der Waals surface area contributed by atoms with Crippen LogP contribution >= 0.6 is 0 Å². The Kier molecular flexibility index (Phi) is 6.29. The molecule has 2 aromatic carbocycles. The smallest absolute Gasteiger partial charge is 0.371 e. The highest BCUT2D eigenvalue weighted by molar-refractivity contribution is 5.64. The van der Waals surface area contributed by atoms with Gasteiger partial charge in [0.2, 0.25) is 0 Å². The predicted octanol–water partition coefficient (Wildman–Crippen LogP) is 6.51. The lowest BCUT2D eigenvalue weighted by Gasteiger charge is -2.26. The van der Waals surface area contributed by atoms with Crippen molar-refractivity contribution in [1.29, 1.82) is 0 Å². The Morgan fingerprint density at radius 3 is 1.88 bits per heavy atom. The van der Waals surface area contributed by atoms with Crippen molar-refractivity contribution >= 4 is 0 Å². The van der Waals surface area contributed by atoms with Gasteiger partial charge in [-0.05, 0) is 41.7 Å². The molecular formula is C21H24F3N. The maximum absolute atomic E-state index is 12.6. The van der Waals surface area contributed by atoms with Crippen LogP contribution in [0.25, 0.3) is 11.1 Å². The van der Waals surface area contributed by atoms with Crippen molar-refractivity contribution in [1.82, 2.24) is 4.90 Å². The van der Waals surface area contributed by atoms with Crippen molar-refractivity contribution in [2.24, 2.45) is 0 Å². The quantitative estimate of drug-likeness (QED) is 0.552. The normalized spacial score (nSPS) is 11.4. The van der Waals surface area contributed by atoms with Crippen molar-refractivity contribution in [3.63, 3.8) is 0 Å². The number of hydrogen-bond donors (Lipinski definition) is 0. The largest absolute Gasteiger partial charge is 0.416 e. The molecule has 4 heteroatoms. The number of halogens is 3. The van der Waals surface area contributed by atoms with E-state index >= 15 is 0 Å². The fourth-order valence-electron chi connectivity index (χ4n) is 2.72. The zero-order valence-electron chi connectivity index (χ0n) is 14.7. The summed E-state index contributed by atoms with van der Waals surface area (Å²) in [7, 11) is 0. The Balaban J connectivity index is 2.12. The van der Waals surface area contributed by atoms with E-state index in [1.54, 1.807) is 0 Å². The van der Waals surface area contributed by atoms with E-state index in [9.17, 15) is 13.2 Å². The van der Waals surface area contributed by atoms with Crippen molar-refractivity contribution in [2.45, 2.75) is 39.4 Å². The van der Waals surface area contributed by atoms with Crippen LogP contribution < -0.4 is 0 Å². The first-order chi connectivity index (χ1) is 11.8. The summed E-state index contributed by atoms with van der Waals surface area (Å²) in [5.74, 6) is 0. The summed E-state index contributed by atoms with van der Waals surface area (Å²) in [6, 6.07) is 13.2. The molecule has 0 saturated heterocycles. The average Bonchev–Trinajstić information content (AvgIpc) is 2.60. The lowest BCUT2D eigenvalue weighted by Crippen LogP contribution is -2.22. The molecule has 2 rings (SSSR count). The molecule has 0 saturated carbocycles. The summed E-state index contributed by atoms with van der Waals surface area (Å²) in [4.78, 5) is 2.27. The Bertz CT molecular complexity index is 685. The van der Waals surface area contributed by atoms with Gasteiger partial charge in [0.25, 0.3) is 0 Å². The standard InChI is InChI=1S/C21H24F3N/c1-4-14-25(16(3)5-2)15-17-6-8-18(9-7-17)19-10-12-20(13-11-19)21(22,23)24/h6-13H,3-5,14-15H2,1-2H3. The molecule has 0 aliphatic carbocycles. The van der Waals surface area contributed by atoms with Crippen LogP contribution in [-0.4, -0.2) is 11.4 Å². The van der Waals surface area contributed by atoms with Gasteiger partial charge in [-0.2, -0.15) is 13.2 Å². The van der Waals surface area contributed by atoms with E-state index in [0.29, 0.717) is 0 Å². The van der Waals surface area contributed by atoms with Gasteiger partial charge in [0.05, 0.1) is 5.56 Å². The summed E-state index contributed by atoms with van der Waals surface area (Å²) in [5.41, 5.74) is 3.35. The summed E-state index contributed by atoms with van der Waals surface area (Å²) in [5, 5.41) is 0. The van der Waals surface area contributed by atoms with E-state index < -0.39 is 11.7 Å². The molecular weight excluding hydrogens is 323 g/mol. The third kappa shape index (κ3) is 5.12. The number of allylic oxidation sites excluding steroid dienone is 1. The molecule has 0 aliphatic rings. The molecule has 2 aromatic rings. The van der Waals surface area contributed by atoms with Crippen LogP contribution in [0.1, 0.15) is 37.8 Å². The zero-order chi connectivity index (χ0) is 18.4. The maximum Gasteiger partial charge on any atom is 0.416 e. The highest BCUT2D eigenvalue weighted by atomic mass is 19.4. The van der Waals surface area contributed by atoms with Crippen LogP contribution in [0.5, 0.6) is 0 Å². The van der Waals surface area contributed by atoms with Gasteiger partial charge < -0.3 is 4.90 Å². The van der Waals surface area contributed by atoms with E-state index in [4.69, 9.17) is 0 Å². The van der Waals surface area contributed by atoms with Crippen molar-refractivity contribution in [2.75, 3.05) is 6.54 Å². The molecule has 134 valence electrons. The van der Waals surface area contributed by atoms with Gasteiger partial charge in [0, 0.05) is 18.8 Å². The predicted molar refractivity (Wildman–Crippen MR) is 97.0 cm³/mol. The third-order valence-corrected chi connectivity index (χ3v) is 4.22. The van der Waals surface area contributed by atoms with Crippen LogP contribution in [0.4, 0.5) is 13.2 Å². The van der Waals surface area contributed by atoms with Crippen LogP contribution in [0, 0.1) is 0 Å². The minimum absolute atomic E-state index is 0.624. The summed E-state index contributed by atoms with van der Waals surface area (Å²) < 4.78 is 37.9. The lowest BCUT2D eigenvalue weighted by atomic mass is 10.0. The third-order valence-electron chi connectivity index (χ3n) is 4.22. The molecule has 0 fully saturated rings. The zero-order valence-corrected chi connectivity index (χ0v) is 14.7. The number of alkyl halides is 3. The second kappa shape index (κ2) is 8.24. The molecule has 0 aliphatic heterocycles. The highest BCUT2D eigenvalue weighted by Crippen LogP contribution is 2.31. The van der Waals surface area contributed by atoms with E-state index in [-0.39, 0.29) is 0 Å². The number of nitrogens with zero attached hydrogens (tertiary/aromatic N) is 1. The highest BCUT2D eigenvalue weighted by Gasteiger charge is 2.29. The Morgan fingerprint density at radius 2 is 1.44 bits per heavy atom. The van der Waals surface area contributed by atoms with Crippen LogP contribution in [0.15, 0.2) is 60.8 Å². The van der Waals surface area contributed by atoms with Gasteiger partial charge in [0.1, 0.15) is 0 Å². The first-order valence-electron chi connectivity index (χ1n) is 8.54.